The Kier molecular flexibility index (Phi) is 5.70. The Morgan fingerprint density at radius 2 is 0.922 bits per heavy atom. The number of hydrogen-bond donors (Lipinski definition) is 0. The molecule has 4 aromatic carbocycles. The van der Waals surface area contributed by atoms with Crippen LogP contribution in [0.1, 0.15) is 0 Å². The Morgan fingerprint density at radius 3 is 1.39 bits per heavy atom. The minimum absolute atomic E-state index is 0.691. The van der Waals surface area contributed by atoms with Crippen LogP contribution in [0.3, 0.4) is 0 Å². The van der Waals surface area contributed by atoms with Crippen molar-refractivity contribution in [1.82, 2.24) is 49.5 Å². The van der Waals surface area contributed by atoms with Crippen molar-refractivity contribution < 1.29 is 4.42 Å². The van der Waals surface area contributed by atoms with Gasteiger partial charge in [-0.25, -0.2) is 9.97 Å². The van der Waals surface area contributed by atoms with Gasteiger partial charge in [0.25, 0.3) is 0 Å². The van der Waals surface area contributed by atoms with Crippen LogP contribution in [0.25, 0.3) is 100.0 Å². The fourth-order valence-corrected chi connectivity index (χ4v) is 7.18. The minimum Gasteiger partial charge on any atom is -0.453 e. The van der Waals surface area contributed by atoms with Gasteiger partial charge in [-0.05, 0) is 60.7 Å². The molecule has 51 heavy (non-hydrogen) atoms. The van der Waals surface area contributed by atoms with E-state index in [-0.39, 0.29) is 0 Å². The molecule has 7 heterocycles. The summed E-state index contributed by atoms with van der Waals surface area (Å²) in [6.45, 7) is 0. The summed E-state index contributed by atoms with van der Waals surface area (Å²) in [6.07, 6.45) is 6.54. The molecule has 0 bridgehead atoms. The van der Waals surface area contributed by atoms with Crippen LogP contribution in [0, 0.1) is 0 Å². The van der Waals surface area contributed by atoms with Gasteiger partial charge in [-0.15, -0.1) is 20.4 Å². The second-order valence-corrected chi connectivity index (χ2v) is 12.3. The smallest absolute Gasteiger partial charge is 0.168 e. The lowest BCUT2D eigenvalue weighted by atomic mass is 10.0. The lowest BCUT2D eigenvalue weighted by Crippen LogP contribution is -1.96. The zero-order valence-electron chi connectivity index (χ0n) is 26.6. The Bertz CT molecular complexity index is 2940. The number of rotatable bonds is 4. The highest BCUT2D eigenvalue weighted by Gasteiger charge is 2.19. The molecule has 0 N–H and O–H groups in total. The molecule has 11 heteroatoms. The molecular weight excluding hydrogens is 637 g/mol. The van der Waals surface area contributed by atoms with E-state index in [1.807, 2.05) is 36.4 Å². The third-order valence-corrected chi connectivity index (χ3v) is 9.48. The Balaban J connectivity index is 1.07. The molecule has 0 spiro atoms. The van der Waals surface area contributed by atoms with Gasteiger partial charge in [0, 0.05) is 44.0 Å². The Hall–Kier alpha value is -7.40. The standard InChI is InChI=1S/C40H22N10O/c1-3-7-25(8-4-1)49-33-15-23(11-13-27(33)37-39(49)43-21-45-47-37)31-17-29-30-18-32(42-20-36(30)51-35(29)19-41-31)24-12-14-28-34(16-24)50(26-9-5-2-6-10-26)40-38(28)48-46-22-44-40/h1-22H. The number of para-hydroxylation sites is 2. The number of fused-ring (bicyclic) bond motifs is 9. The maximum absolute atomic E-state index is 6.23. The zero-order valence-corrected chi connectivity index (χ0v) is 26.6. The van der Waals surface area contributed by atoms with Crippen LogP contribution in [0.5, 0.6) is 0 Å². The predicted octanol–water partition coefficient (Wildman–Crippen LogP) is 8.27. The van der Waals surface area contributed by atoms with E-state index in [0.29, 0.717) is 11.2 Å². The zero-order chi connectivity index (χ0) is 33.5. The summed E-state index contributed by atoms with van der Waals surface area (Å²) < 4.78 is 10.5. The topological polar surface area (TPSA) is 126 Å². The largest absolute Gasteiger partial charge is 0.453 e. The molecule has 7 aromatic heterocycles. The van der Waals surface area contributed by atoms with Crippen molar-refractivity contribution in [1.29, 1.82) is 0 Å². The number of furan rings is 1. The third kappa shape index (κ3) is 4.12. The molecule has 0 saturated heterocycles. The van der Waals surface area contributed by atoms with Crippen LogP contribution in [0.2, 0.25) is 0 Å². The fraction of sp³-hybridized carbons (Fsp3) is 0. The van der Waals surface area contributed by atoms with Gasteiger partial charge in [0.05, 0.1) is 34.8 Å². The molecule has 0 aliphatic heterocycles. The molecule has 238 valence electrons. The maximum Gasteiger partial charge on any atom is 0.168 e. The molecule has 11 aromatic rings. The SMILES string of the molecule is c1ccc(-n2c3cc(-c4cc5c(cn4)oc4cnc(-c6ccc7c8nncnc8n(-c8ccccc8)c7c6)cc45)ccc3c3nncnc32)cc1. The summed E-state index contributed by atoms with van der Waals surface area (Å²) in [5.41, 5.74) is 11.8. The van der Waals surface area contributed by atoms with Gasteiger partial charge in [0.2, 0.25) is 0 Å². The van der Waals surface area contributed by atoms with Gasteiger partial charge in [-0.3, -0.25) is 19.1 Å². The molecule has 11 nitrogen and oxygen atoms in total. The van der Waals surface area contributed by atoms with Crippen molar-refractivity contribution in [3.8, 4) is 33.9 Å². The van der Waals surface area contributed by atoms with Gasteiger partial charge < -0.3 is 4.42 Å². The lowest BCUT2D eigenvalue weighted by molar-refractivity contribution is 0.665. The quantitative estimate of drug-likeness (QED) is 0.184. The molecule has 0 atom stereocenters. The number of aromatic nitrogens is 10. The van der Waals surface area contributed by atoms with E-state index in [1.165, 1.54) is 12.7 Å². The van der Waals surface area contributed by atoms with E-state index >= 15 is 0 Å². The van der Waals surface area contributed by atoms with E-state index in [0.717, 1.165) is 88.8 Å². The van der Waals surface area contributed by atoms with Crippen LogP contribution >= 0.6 is 0 Å². The van der Waals surface area contributed by atoms with Gasteiger partial charge in [-0.2, -0.15) is 0 Å². The van der Waals surface area contributed by atoms with Crippen molar-refractivity contribution in [2.75, 3.05) is 0 Å². The van der Waals surface area contributed by atoms with E-state index in [9.17, 15) is 0 Å². The Morgan fingerprint density at radius 1 is 0.451 bits per heavy atom. The lowest BCUT2D eigenvalue weighted by Gasteiger charge is -2.08. The number of pyridine rings is 2. The van der Waals surface area contributed by atoms with E-state index < -0.39 is 0 Å². The number of nitrogens with zero attached hydrogens (tertiary/aromatic N) is 10. The van der Waals surface area contributed by atoms with Crippen molar-refractivity contribution in [3.63, 3.8) is 0 Å². The van der Waals surface area contributed by atoms with Crippen molar-refractivity contribution in [3.05, 3.63) is 134 Å². The Labute approximate surface area is 287 Å². The highest BCUT2D eigenvalue weighted by molar-refractivity contribution is 6.10. The van der Waals surface area contributed by atoms with Gasteiger partial charge >= 0.3 is 0 Å². The average molecular weight is 659 g/mol. The first kappa shape index (κ1) is 27.5. The number of benzene rings is 4. The molecule has 0 aliphatic rings. The second-order valence-electron chi connectivity index (χ2n) is 12.3. The van der Waals surface area contributed by atoms with E-state index in [1.54, 1.807) is 12.4 Å². The molecular formula is C40H22N10O. The summed E-state index contributed by atoms with van der Waals surface area (Å²) in [7, 11) is 0. The monoisotopic (exact) mass is 658 g/mol. The molecule has 0 amide bonds. The molecule has 0 aliphatic carbocycles. The number of hydrogen-bond acceptors (Lipinski definition) is 9. The first-order valence-corrected chi connectivity index (χ1v) is 16.3. The molecule has 0 radical (unpaired) electrons. The summed E-state index contributed by atoms with van der Waals surface area (Å²) in [6, 6.07) is 37.0. The van der Waals surface area contributed by atoms with Gasteiger partial charge in [0.1, 0.15) is 23.7 Å². The van der Waals surface area contributed by atoms with Crippen LogP contribution in [-0.4, -0.2) is 49.5 Å². The van der Waals surface area contributed by atoms with Crippen LogP contribution < -0.4 is 0 Å². The predicted molar refractivity (Wildman–Crippen MR) is 196 cm³/mol. The summed E-state index contributed by atoms with van der Waals surface area (Å²) >= 11 is 0. The van der Waals surface area contributed by atoms with E-state index in [2.05, 4.69) is 112 Å². The molecule has 0 unspecified atom stereocenters. The second kappa shape index (κ2) is 10.5. The average Bonchev–Trinajstić information content (AvgIpc) is 3.85. The summed E-state index contributed by atoms with van der Waals surface area (Å²) in [4.78, 5) is 18.8. The van der Waals surface area contributed by atoms with Gasteiger partial charge in [-0.1, -0.05) is 48.5 Å². The van der Waals surface area contributed by atoms with Crippen molar-refractivity contribution >= 4 is 66.1 Å². The van der Waals surface area contributed by atoms with Crippen LogP contribution in [0.4, 0.5) is 0 Å². The summed E-state index contributed by atoms with van der Waals surface area (Å²) in [5.74, 6) is 0. The maximum atomic E-state index is 6.23. The van der Waals surface area contributed by atoms with Crippen molar-refractivity contribution in [2.45, 2.75) is 0 Å². The van der Waals surface area contributed by atoms with Crippen LogP contribution in [-0.2, 0) is 0 Å². The first-order valence-electron chi connectivity index (χ1n) is 16.3. The van der Waals surface area contributed by atoms with Crippen molar-refractivity contribution in [2.24, 2.45) is 0 Å². The highest BCUT2D eigenvalue weighted by atomic mass is 16.3. The van der Waals surface area contributed by atoms with E-state index in [4.69, 9.17) is 14.4 Å². The molecule has 0 fully saturated rings. The fourth-order valence-electron chi connectivity index (χ4n) is 7.18. The molecule has 0 saturated carbocycles. The molecule has 11 rings (SSSR count). The first-order chi connectivity index (χ1) is 25.3. The normalized spacial score (nSPS) is 11.9. The van der Waals surface area contributed by atoms with Crippen LogP contribution in [0.15, 0.2) is 139 Å². The highest BCUT2D eigenvalue weighted by Crippen LogP contribution is 2.37. The minimum atomic E-state index is 0.691. The third-order valence-electron chi connectivity index (χ3n) is 9.48. The van der Waals surface area contributed by atoms with Gasteiger partial charge in [0.15, 0.2) is 22.5 Å². The summed E-state index contributed by atoms with van der Waals surface area (Å²) in [5, 5.41) is 20.8.